The van der Waals surface area contributed by atoms with Crippen molar-refractivity contribution in [1.29, 1.82) is 0 Å². The van der Waals surface area contributed by atoms with Gasteiger partial charge in [-0.1, -0.05) is 25.1 Å². The lowest BCUT2D eigenvalue weighted by Gasteiger charge is -2.12. The first-order valence-corrected chi connectivity index (χ1v) is 6.36. The van der Waals surface area contributed by atoms with Gasteiger partial charge in [-0.05, 0) is 31.4 Å². The van der Waals surface area contributed by atoms with Gasteiger partial charge >= 0.3 is 0 Å². The number of oxazole rings is 1. The Morgan fingerprint density at radius 3 is 2.63 bits per heavy atom. The first-order valence-electron chi connectivity index (χ1n) is 6.36. The van der Waals surface area contributed by atoms with Crippen molar-refractivity contribution in [1.82, 2.24) is 4.98 Å². The van der Waals surface area contributed by atoms with E-state index in [0.717, 1.165) is 23.2 Å². The maximum absolute atomic E-state index is 12.2. The number of hydrogen-bond donors (Lipinski definition) is 1. The fourth-order valence-corrected chi connectivity index (χ4v) is 2.11. The molecule has 2 aromatic rings. The van der Waals surface area contributed by atoms with Crippen LogP contribution in [0.15, 0.2) is 22.6 Å². The van der Waals surface area contributed by atoms with Gasteiger partial charge in [0.1, 0.15) is 0 Å². The third-order valence-corrected chi connectivity index (χ3v) is 3.09. The summed E-state index contributed by atoms with van der Waals surface area (Å²) in [5.41, 5.74) is 3.63. The number of nitrogens with one attached hydrogen (secondary N) is 1. The van der Waals surface area contributed by atoms with Crippen molar-refractivity contribution in [3.63, 3.8) is 0 Å². The normalized spacial score (nSPS) is 10.5. The van der Waals surface area contributed by atoms with Crippen LogP contribution in [-0.2, 0) is 6.42 Å². The lowest BCUT2D eigenvalue weighted by atomic mass is 10.1. The molecule has 1 amide bonds. The second-order valence-electron chi connectivity index (χ2n) is 4.56. The van der Waals surface area contributed by atoms with Crippen molar-refractivity contribution in [2.45, 2.75) is 34.1 Å². The van der Waals surface area contributed by atoms with Crippen molar-refractivity contribution in [2.24, 2.45) is 0 Å². The van der Waals surface area contributed by atoms with Gasteiger partial charge in [0.05, 0.1) is 5.69 Å². The quantitative estimate of drug-likeness (QED) is 0.917. The van der Waals surface area contributed by atoms with Gasteiger partial charge in [0.25, 0.3) is 5.91 Å². The predicted octanol–water partition coefficient (Wildman–Crippen LogP) is 3.41. The number of nitrogens with zero attached hydrogens (tertiary/aromatic N) is 1. The molecule has 0 aliphatic rings. The first-order chi connectivity index (χ1) is 9.02. The molecule has 1 aromatic carbocycles. The number of benzene rings is 1. The van der Waals surface area contributed by atoms with Crippen molar-refractivity contribution in [3.8, 4) is 0 Å². The first kappa shape index (κ1) is 13.3. The molecule has 19 heavy (non-hydrogen) atoms. The van der Waals surface area contributed by atoms with Crippen molar-refractivity contribution >= 4 is 11.6 Å². The molecule has 0 radical (unpaired) electrons. The molecular formula is C15H18N2O2. The van der Waals surface area contributed by atoms with Gasteiger partial charge in [0.2, 0.25) is 5.76 Å². The second kappa shape index (κ2) is 5.26. The van der Waals surface area contributed by atoms with E-state index in [1.165, 1.54) is 0 Å². The average molecular weight is 258 g/mol. The Bertz CT molecular complexity index is 615. The van der Waals surface area contributed by atoms with Crippen LogP contribution in [0.2, 0.25) is 0 Å². The fraction of sp³-hybridized carbons (Fsp3) is 0.333. The number of para-hydroxylation sites is 1. The van der Waals surface area contributed by atoms with E-state index in [1.54, 1.807) is 13.8 Å². The van der Waals surface area contributed by atoms with E-state index in [9.17, 15) is 4.79 Å². The molecule has 0 spiro atoms. The summed E-state index contributed by atoms with van der Waals surface area (Å²) < 4.78 is 5.34. The minimum absolute atomic E-state index is 0.248. The maximum atomic E-state index is 12.2. The third-order valence-electron chi connectivity index (χ3n) is 3.09. The molecule has 100 valence electrons. The molecule has 0 atom stereocenters. The molecule has 0 aliphatic carbocycles. The van der Waals surface area contributed by atoms with Crippen LogP contribution in [0.5, 0.6) is 0 Å². The Morgan fingerprint density at radius 2 is 2.05 bits per heavy atom. The summed E-state index contributed by atoms with van der Waals surface area (Å²) >= 11 is 0. The topological polar surface area (TPSA) is 55.1 Å². The molecule has 1 aromatic heterocycles. The van der Waals surface area contributed by atoms with E-state index in [-0.39, 0.29) is 11.7 Å². The van der Waals surface area contributed by atoms with Crippen LogP contribution in [0.1, 0.15) is 40.2 Å². The largest absolute Gasteiger partial charge is 0.436 e. The standard InChI is InChI=1S/C15H18N2O2/c1-5-12-8-6-7-9(2)13(12)17-15(18)14-10(3)16-11(4)19-14/h6-8H,5H2,1-4H3,(H,17,18). The third kappa shape index (κ3) is 2.67. The summed E-state index contributed by atoms with van der Waals surface area (Å²) in [4.78, 5) is 16.3. The minimum atomic E-state index is -0.248. The Morgan fingerprint density at radius 1 is 1.32 bits per heavy atom. The monoisotopic (exact) mass is 258 g/mol. The molecule has 0 saturated heterocycles. The molecule has 0 aliphatic heterocycles. The molecule has 1 heterocycles. The number of amides is 1. The molecule has 1 N–H and O–H groups in total. The molecule has 0 unspecified atom stereocenters. The number of rotatable bonds is 3. The highest BCUT2D eigenvalue weighted by molar-refractivity contribution is 6.03. The van der Waals surface area contributed by atoms with E-state index >= 15 is 0 Å². The van der Waals surface area contributed by atoms with Gasteiger partial charge in [-0.3, -0.25) is 4.79 Å². The summed E-state index contributed by atoms with van der Waals surface area (Å²) in [6, 6.07) is 5.99. The van der Waals surface area contributed by atoms with Gasteiger partial charge in [0, 0.05) is 12.6 Å². The molecule has 2 rings (SSSR count). The number of anilines is 1. The summed E-state index contributed by atoms with van der Waals surface area (Å²) in [7, 11) is 0. The fourth-order valence-electron chi connectivity index (χ4n) is 2.11. The van der Waals surface area contributed by atoms with Crippen molar-refractivity contribution < 1.29 is 9.21 Å². The Balaban J connectivity index is 2.31. The Kier molecular flexibility index (Phi) is 3.69. The molecule has 4 heteroatoms. The van der Waals surface area contributed by atoms with Crippen LogP contribution >= 0.6 is 0 Å². The van der Waals surface area contributed by atoms with E-state index < -0.39 is 0 Å². The highest BCUT2D eigenvalue weighted by atomic mass is 16.4. The average Bonchev–Trinajstić information content (AvgIpc) is 2.71. The smallest absolute Gasteiger partial charge is 0.293 e. The van der Waals surface area contributed by atoms with E-state index in [2.05, 4.69) is 17.2 Å². The number of aromatic nitrogens is 1. The highest BCUT2D eigenvalue weighted by Crippen LogP contribution is 2.22. The highest BCUT2D eigenvalue weighted by Gasteiger charge is 2.17. The Labute approximate surface area is 112 Å². The number of carbonyl (C=O) groups excluding carboxylic acids is 1. The SMILES string of the molecule is CCc1cccc(C)c1NC(=O)c1oc(C)nc1C. The molecule has 0 fully saturated rings. The van der Waals surface area contributed by atoms with Gasteiger partial charge in [0.15, 0.2) is 5.89 Å². The molecule has 0 bridgehead atoms. The van der Waals surface area contributed by atoms with Gasteiger partial charge < -0.3 is 9.73 Å². The van der Waals surface area contributed by atoms with Crippen molar-refractivity contribution in [3.05, 3.63) is 46.7 Å². The zero-order valence-corrected chi connectivity index (χ0v) is 11.7. The van der Waals surface area contributed by atoms with Gasteiger partial charge in [-0.15, -0.1) is 0 Å². The van der Waals surface area contributed by atoms with Crippen LogP contribution in [0.4, 0.5) is 5.69 Å². The number of hydrogen-bond acceptors (Lipinski definition) is 3. The van der Waals surface area contributed by atoms with Crippen LogP contribution in [0.25, 0.3) is 0 Å². The van der Waals surface area contributed by atoms with Crippen LogP contribution in [0, 0.1) is 20.8 Å². The lowest BCUT2D eigenvalue weighted by molar-refractivity contribution is 0.0994. The van der Waals surface area contributed by atoms with E-state index in [1.807, 2.05) is 25.1 Å². The summed E-state index contributed by atoms with van der Waals surface area (Å²) in [6.07, 6.45) is 0.867. The zero-order valence-electron chi connectivity index (χ0n) is 11.7. The van der Waals surface area contributed by atoms with E-state index in [0.29, 0.717) is 11.6 Å². The van der Waals surface area contributed by atoms with E-state index in [4.69, 9.17) is 4.42 Å². The second-order valence-corrected chi connectivity index (χ2v) is 4.56. The summed E-state index contributed by atoms with van der Waals surface area (Å²) in [6.45, 7) is 7.54. The lowest BCUT2D eigenvalue weighted by Crippen LogP contribution is -2.14. The predicted molar refractivity (Wildman–Crippen MR) is 74.5 cm³/mol. The number of carbonyl (C=O) groups is 1. The van der Waals surface area contributed by atoms with Gasteiger partial charge in [-0.25, -0.2) is 4.98 Å². The molecule has 0 saturated carbocycles. The molecule has 4 nitrogen and oxygen atoms in total. The summed E-state index contributed by atoms with van der Waals surface area (Å²) in [5, 5.41) is 2.93. The van der Waals surface area contributed by atoms with Crippen LogP contribution < -0.4 is 5.32 Å². The summed E-state index contributed by atoms with van der Waals surface area (Å²) in [5.74, 6) is 0.535. The van der Waals surface area contributed by atoms with Crippen LogP contribution in [0.3, 0.4) is 0 Å². The zero-order chi connectivity index (χ0) is 14.0. The Hall–Kier alpha value is -2.10. The molecular weight excluding hydrogens is 240 g/mol. The van der Waals surface area contributed by atoms with Crippen LogP contribution in [-0.4, -0.2) is 10.9 Å². The van der Waals surface area contributed by atoms with Crippen molar-refractivity contribution in [2.75, 3.05) is 5.32 Å². The van der Waals surface area contributed by atoms with Gasteiger partial charge in [-0.2, -0.15) is 0 Å². The number of aryl methyl sites for hydroxylation is 4. The maximum Gasteiger partial charge on any atom is 0.293 e. The minimum Gasteiger partial charge on any atom is -0.436 e.